The minimum atomic E-state index is 0.0372. The fourth-order valence-electron chi connectivity index (χ4n) is 9.90. The molecule has 0 saturated heterocycles. The van der Waals surface area contributed by atoms with E-state index in [-0.39, 0.29) is 10.8 Å². The van der Waals surface area contributed by atoms with Crippen molar-refractivity contribution < 1.29 is 0 Å². The third-order valence-electron chi connectivity index (χ3n) is 13.6. The minimum Gasteiger partial charge on any atom is -0.0598 e. The van der Waals surface area contributed by atoms with E-state index in [2.05, 4.69) is 197 Å². The summed E-state index contributed by atoms with van der Waals surface area (Å²) in [6.07, 6.45) is 5.27. The van der Waals surface area contributed by atoms with Gasteiger partial charge in [0.1, 0.15) is 0 Å². The maximum atomic E-state index is 2.64. The van der Waals surface area contributed by atoms with E-state index in [1.165, 1.54) is 78.8 Å². The Balaban J connectivity index is 1.42. The average molecular weight is 803 g/mol. The zero-order chi connectivity index (χ0) is 43.5. The van der Waals surface area contributed by atoms with Crippen LogP contribution in [-0.4, -0.2) is 9.52 Å². The molecular formula is C58H78Si. The van der Waals surface area contributed by atoms with E-state index in [4.69, 9.17) is 0 Å². The fourth-order valence-corrected chi connectivity index (χ4v) is 11.6. The summed E-state index contributed by atoms with van der Waals surface area (Å²) in [5, 5.41) is 0. The van der Waals surface area contributed by atoms with Crippen LogP contribution in [0.2, 0.25) is 12.1 Å². The van der Waals surface area contributed by atoms with Gasteiger partial charge in [-0.1, -0.05) is 221 Å². The quantitative estimate of drug-likeness (QED) is 0.125. The lowest BCUT2D eigenvalue weighted by molar-refractivity contribution is 0.591. The van der Waals surface area contributed by atoms with Crippen LogP contribution < -0.4 is 0 Å². The topological polar surface area (TPSA) is 0 Å². The largest absolute Gasteiger partial charge is 0.0598 e. The Labute approximate surface area is 364 Å². The van der Waals surface area contributed by atoms with E-state index in [0.717, 1.165) is 9.52 Å². The van der Waals surface area contributed by atoms with Crippen LogP contribution >= 0.6 is 0 Å². The lowest BCUT2D eigenvalue weighted by atomic mass is 9.77. The summed E-state index contributed by atoms with van der Waals surface area (Å²) < 4.78 is 0. The van der Waals surface area contributed by atoms with Crippen molar-refractivity contribution in [3.63, 3.8) is 0 Å². The van der Waals surface area contributed by atoms with Gasteiger partial charge in [0, 0.05) is 21.4 Å². The van der Waals surface area contributed by atoms with E-state index < -0.39 is 0 Å². The Bertz CT molecular complexity index is 2020. The van der Waals surface area contributed by atoms with Crippen LogP contribution in [0.1, 0.15) is 216 Å². The molecule has 0 amide bonds. The van der Waals surface area contributed by atoms with Crippen LogP contribution in [0.25, 0.3) is 34.4 Å². The highest BCUT2D eigenvalue weighted by atomic mass is 28.2. The predicted molar refractivity (Wildman–Crippen MR) is 264 cm³/mol. The number of benzene rings is 4. The molecular weight excluding hydrogens is 725 g/mol. The second kappa shape index (κ2) is 17.1. The summed E-state index contributed by atoms with van der Waals surface area (Å²) in [6.45, 7) is 42.8. The van der Waals surface area contributed by atoms with Crippen LogP contribution in [0.5, 0.6) is 0 Å². The molecule has 4 aromatic rings. The molecule has 0 saturated carbocycles. The molecule has 2 unspecified atom stereocenters. The number of allylic oxidation sites excluding steroid dienone is 2. The normalized spacial score (nSPS) is 16.9. The monoisotopic (exact) mass is 803 g/mol. The van der Waals surface area contributed by atoms with E-state index >= 15 is 0 Å². The third kappa shape index (κ3) is 9.13. The summed E-state index contributed by atoms with van der Waals surface area (Å²) in [4.78, 5) is 0. The first-order valence-electron chi connectivity index (χ1n) is 23.3. The van der Waals surface area contributed by atoms with Gasteiger partial charge in [0.25, 0.3) is 0 Å². The Morgan fingerprint density at radius 3 is 0.983 bits per heavy atom. The first-order chi connectivity index (χ1) is 27.5. The molecule has 0 N–H and O–H groups in total. The molecule has 0 aromatic heterocycles. The number of rotatable bonds is 12. The smallest absolute Gasteiger partial charge is 0.0397 e. The molecule has 1 heteroatoms. The molecule has 314 valence electrons. The molecule has 2 aliphatic carbocycles. The summed E-state index contributed by atoms with van der Waals surface area (Å²) in [7, 11) is 0.877. The van der Waals surface area contributed by atoms with Gasteiger partial charge >= 0.3 is 0 Å². The maximum absolute atomic E-state index is 2.64. The van der Waals surface area contributed by atoms with Crippen molar-refractivity contribution >= 4 is 21.7 Å². The van der Waals surface area contributed by atoms with Gasteiger partial charge in [0.05, 0.1) is 0 Å². The third-order valence-corrected chi connectivity index (χ3v) is 15.0. The SMILES string of the molecule is CC(C)C1=Cc2c(ccc(C(C)(C)C)c2-c2cc(C(C)C)cc(C(C)C)c2)C1C[Si]CC1C(C(C)C)=Cc2c1ccc(C(C)(C)C)c2-c1cc(C(C)C)cc(C(C)C)c1. The predicted octanol–water partition coefficient (Wildman–Crippen LogP) is 17.6. The van der Waals surface area contributed by atoms with Gasteiger partial charge < -0.3 is 0 Å². The van der Waals surface area contributed by atoms with Crippen molar-refractivity contribution in [1.29, 1.82) is 0 Å². The molecule has 0 bridgehead atoms. The number of hydrogen-bond acceptors (Lipinski definition) is 0. The van der Waals surface area contributed by atoms with Crippen LogP contribution in [0.3, 0.4) is 0 Å². The van der Waals surface area contributed by atoms with Gasteiger partial charge in [0.2, 0.25) is 0 Å². The van der Waals surface area contributed by atoms with Crippen LogP contribution in [0, 0.1) is 11.8 Å². The Hall–Kier alpha value is -3.42. The molecule has 2 aliphatic rings. The van der Waals surface area contributed by atoms with Crippen molar-refractivity contribution in [3.8, 4) is 22.3 Å². The summed E-state index contributed by atoms with van der Waals surface area (Å²) >= 11 is 0. The standard InChI is InChI=1S/C58H78Si/c1-33(2)39-23-40(34(3)4)26-43(25-39)55-49-29-47(37(9)10)51(45(49)19-21-53(55)57(13,14)15)31-59-32-52-46-20-22-54(58(16,17)18)56(50(46)30-48(52)38(11)12)44-27-41(35(5)6)24-42(28-44)36(7)8/h19-30,33-38,51-52H,31-32H2,1-18H3. The van der Waals surface area contributed by atoms with Crippen molar-refractivity contribution in [3.05, 3.63) is 127 Å². The van der Waals surface area contributed by atoms with Gasteiger partial charge in [-0.05, 0) is 124 Å². The van der Waals surface area contributed by atoms with Crippen LogP contribution in [0.4, 0.5) is 0 Å². The molecule has 2 atom stereocenters. The Morgan fingerprint density at radius 1 is 0.424 bits per heavy atom. The molecule has 0 nitrogen and oxygen atoms in total. The van der Waals surface area contributed by atoms with E-state index in [0.29, 0.717) is 47.3 Å². The molecule has 0 fully saturated rings. The van der Waals surface area contributed by atoms with E-state index in [1.54, 1.807) is 22.3 Å². The van der Waals surface area contributed by atoms with Crippen molar-refractivity contribution in [2.75, 3.05) is 0 Å². The number of fused-ring (bicyclic) bond motifs is 2. The highest BCUT2D eigenvalue weighted by Gasteiger charge is 2.35. The van der Waals surface area contributed by atoms with Crippen LogP contribution in [0.15, 0.2) is 71.8 Å². The molecule has 4 aromatic carbocycles. The zero-order valence-corrected chi connectivity index (χ0v) is 41.5. The van der Waals surface area contributed by atoms with Gasteiger partial charge in [0.15, 0.2) is 0 Å². The first-order valence-corrected chi connectivity index (χ1v) is 24.7. The molecule has 59 heavy (non-hydrogen) atoms. The lowest BCUT2D eigenvalue weighted by Gasteiger charge is -2.28. The fraction of sp³-hybridized carbons (Fsp3) is 0.517. The Morgan fingerprint density at radius 2 is 0.729 bits per heavy atom. The second-order valence-electron chi connectivity index (χ2n) is 22.2. The second-order valence-corrected chi connectivity index (χ2v) is 23.6. The summed E-state index contributed by atoms with van der Waals surface area (Å²) in [6, 6.07) is 27.4. The van der Waals surface area contributed by atoms with Gasteiger partial charge in [-0.2, -0.15) is 0 Å². The molecule has 6 rings (SSSR count). The van der Waals surface area contributed by atoms with Crippen molar-refractivity contribution in [1.82, 2.24) is 0 Å². The highest BCUT2D eigenvalue weighted by Crippen LogP contribution is 2.52. The highest BCUT2D eigenvalue weighted by molar-refractivity contribution is 6.36. The average Bonchev–Trinajstić information content (AvgIpc) is 3.71. The van der Waals surface area contributed by atoms with Crippen molar-refractivity contribution in [2.45, 2.75) is 183 Å². The molecule has 0 aliphatic heterocycles. The lowest BCUT2D eigenvalue weighted by Crippen LogP contribution is -2.15. The summed E-state index contributed by atoms with van der Waals surface area (Å²) in [5.74, 6) is 3.90. The van der Waals surface area contributed by atoms with Crippen molar-refractivity contribution in [2.24, 2.45) is 11.8 Å². The molecule has 0 spiro atoms. The van der Waals surface area contributed by atoms with E-state index in [9.17, 15) is 0 Å². The molecule has 0 heterocycles. The van der Waals surface area contributed by atoms with Crippen LogP contribution in [-0.2, 0) is 10.8 Å². The van der Waals surface area contributed by atoms with Gasteiger partial charge in [-0.25, -0.2) is 0 Å². The maximum Gasteiger partial charge on any atom is 0.0397 e. The van der Waals surface area contributed by atoms with E-state index in [1.807, 2.05) is 0 Å². The molecule has 2 radical (unpaired) electrons. The zero-order valence-electron chi connectivity index (χ0n) is 40.5. The minimum absolute atomic E-state index is 0.0372. The first kappa shape index (κ1) is 45.1. The number of hydrogen-bond donors (Lipinski definition) is 0. The van der Waals surface area contributed by atoms with Gasteiger partial charge in [-0.15, -0.1) is 0 Å². The van der Waals surface area contributed by atoms with Gasteiger partial charge in [-0.3, -0.25) is 0 Å². The summed E-state index contributed by atoms with van der Waals surface area (Å²) in [5.41, 5.74) is 23.9. The Kier molecular flexibility index (Phi) is 13.1.